The summed E-state index contributed by atoms with van der Waals surface area (Å²) in [6, 6.07) is 0. The van der Waals surface area contributed by atoms with Crippen LogP contribution in [0.1, 0.15) is 13.8 Å². The van der Waals surface area contributed by atoms with E-state index in [-0.39, 0.29) is 5.96 Å². The second kappa shape index (κ2) is 5.17. The molecule has 0 aliphatic heterocycles. The Kier molecular flexibility index (Phi) is 4.52. The number of guanidine groups is 1. The lowest BCUT2D eigenvalue weighted by Gasteiger charge is -2.01. The first-order valence-corrected chi connectivity index (χ1v) is 3.52. The summed E-state index contributed by atoms with van der Waals surface area (Å²) in [5.41, 5.74) is 5.37. The third-order valence-electron chi connectivity index (χ3n) is 1.04. The van der Waals surface area contributed by atoms with Gasteiger partial charge in [-0.3, -0.25) is 5.41 Å². The van der Waals surface area contributed by atoms with Crippen LogP contribution < -0.4 is 11.1 Å². The highest BCUT2D eigenvalue weighted by Crippen LogP contribution is 1.93. The van der Waals surface area contributed by atoms with E-state index in [9.17, 15) is 4.79 Å². The molecule has 0 aliphatic carbocycles. The third-order valence-corrected chi connectivity index (χ3v) is 1.04. The average Bonchev–Trinajstić information content (AvgIpc) is 2.00. The lowest BCUT2D eigenvalue weighted by Crippen LogP contribution is -2.26. The van der Waals surface area contributed by atoms with Crippen LogP contribution in [0, 0.1) is 5.41 Å². The van der Waals surface area contributed by atoms with Crippen molar-refractivity contribution in [2.45, 2.75) is 13.8 Å². The minimum absolute atomic E-state index is 0.210. The Bertz CT molecular complexity index is 211. The average molecular weight is 171 g/mol. The van der Waals surface area contributed by atoms with Crippen molar-refractivity contribution < 1.29 is 9.53 Å². The molecule has 68 valence electrons. The molecule has 0 rings (SSSR count). The highest BCUT2D eigenvalue weighted by atomic mass is 16.5. The Morgan fingerprint density at radius 2 is 2.33 bits per heavy atom. The van der Waals surface area contributed by atoms with E-state index >= 15 is 0 Å². The molecule has 12 heavy (non-hydrogen) atoms. The predicted octanol–water partition coefficient (Wildman–Crippen LogP) is -0.0636. The van der Waals surface area contributed by atoms with Crippen molar-refractivity contribution >= 4 is 11.9 Å². The summed E-state index contributed by atoms with van der Waals surface area (Å²) in [4.78, 5) is 10.9. The molecule has 0 heterocycles. The van der Waals surface area contributed by atoms with Gasteiger partial charge in [0, 0.05) is 6.20 Å². The van der Waals surface area contributed by atoms with Crippen molar-refractivity contribution in [3.8, 4) is 0 Å². The number of hydrogen-bond donors (Lipinski definition) is 3. The second-order valence-corrected chi connectivity index (χ2v) is 2.11. The number of carbonyl (C=O) groups is 1. The van der Waals surface area contributed by atoms with Crippen LogP contribution in [0.4, 0.5) is 0 Å². The van der Waals surface area contributed by atoms with Gasteiger partial charge in [-0.2, -0.15) is 0 Å². The fraction of sp³-hybridized carbons (Fsp3) is 0.429. The largest absolute Gasteiger partial charge is 0.463 e. The Hall–Kier alpha value is -1.52. The van der Waals surface area contributed by atoms with Gasteiger partial charge >= 0.3 is 5.97 Å². The number of rotatable bonds is 3. The number of carbonyl (C=O) groups excluding carboxylic acids is 1. The summed E-state index contributed by atoms with van der Waals surface area (Å²) in [5, 5.41) is 9.18. The molecule has 0 aromatic rings. The van der Waals surface area contributed by atoms with Crippen molar-refractivity contribution in [1.82, 2.24) is 5.32 Å². The van der Waals surface area contributed by atoms with Gasteiger partial charge in [0.05, 0.1) is 12.2 Å². The standard InChI is InChI=1S/C7H13N3O2/c1-3-12-6(11)5(2)4-10-7(8)9/h4H,3H2,1-2H3,(H4,8,9,10). The zero-order valence-electron chi connectivity index (χ0n) is 7.18. The minimum atomic E-state index is -0.411. The lowest BCUT2D eigenvalue weighted by molar-refractivity contribution is -0.138. The van der Waals surface area contributed by atoms with Crippen LogP contribution in [0.2, 0.25) is 0 Å². The van der Waals surface area contributed by atoms with Gasteiger partial charge in [-0.1, -0.05) is 0 Å². The molecule has 0 aromatic carbocycles. The Morgan fingerprint density at radius 3 is 2.75 bits per heavy atom. The van der Waals surface area contributed by atoms with E-state index in [4.69, 9.17) is 11.1 Å². The van der Waals surface area contributed by atoms with Crippen molar-refractivity contribution in [3.63, 3.8) is 0 Å². The first kappa shape index (κ1) is 10.5. The van der Waals surface area contributed by atoms with E-state index in [1.54, 1.807) is 13.8 Å². The van der Waals surface area contributed by atoms with Gasteiger partial charge in [0.25, 0.3) is 0 Å². The van der Waals surface area contributed by atoms with E-state index < -0.39 is 5.97 Å². The fourth-order valence-corrected chi connectivity index (χ4v) is 0.490. The van der Waals surface area contributed by atoms with Gasteiger partial charge in [-0.25, -0.2) is 4.79 Å². The molecule has 5 heteroatoms. The van der Waals surface area contributed by atoms with Crippen molar-refractivity contribution in [1.29, 1.82) is 5.41 Å². The summed E-state index contributed by atoms with van der Waals surface area (Å²) in [6.07, 6.45) is 1.33. The number of hydrogen-bond acceptors (Lipinski definition) is 3. The Labute approximate surface area is 71.1 Å². The molecule has 0 bridgehead atoms. The van der Waals surface area contributed by atoms with Crippen molar-refractivity contribution in [2.24, 2.45) is 5.73 Å². The van der Waals surface area contributed by atoms with Gasteiger partial charge in [-0.15, -0.1) is 0 Å². The highest BCUT2D eigenvalue weighted by molar-refractivity contribution is 5.88. The number of nitrogens with two attached hydrogens (primary N) is 1. The van der Waals surface area contributed by atoms with Gasteiger partial charge in [0.1, 0.15) is 0 Å². The topological polar surface area (TPSA) is 88.2 Å². The maximum Gasteiger partial charge on any atom is 0.335 e. The first-order valence-electron chi connectivity index (χ1n) is 3.52. The van der Waals surface area contributed by atoms with E-state index in [0.717, 1.165) is 0 Å². The molecule has 0 saturated heterocycles. The zero-order valence-corrected chi connectivity index (χ0v) is 7.18. The highest BCUT2D eigenvalue weighted by Gasteiger charge is 2.02. The molecule has 0 unspecified atom stereocenters. The number of ether oxygens (including phenoxy) is 1. The van der Waals surface area contributed by atoms with E-state index in [1.807, 2.05) is 0 Å². The molecule has 0 aliphatic rings. The van der Waals surface area contributed by atoms with Crippen LogP contribution in [-0.4, -0.2) is 18.5 Å². The normalized spacial score (nSPS) is 10.7. The molecular weight excluding hydrogens is 158 g/mol. The van der Waals surface area contributed by atoms with Crippen LogP contribution in [-0.2, 0) is 9.53 Å². The van der Waals surface area contributed by atoms with Crippen molar-refractivity contribution in [3.05, 3.63) is 11.8 Å². The Balaban J connectivity index is 3.99. The molecule has 0 saturated carbocycles. The van der Waals surface area contributed by atoms with Gasteiger partial charge in [0.15, 0.2) is 5.96 Å². The molecule has 0 fully saturated rings. The SMILES string of the molecule is CCOC(=O)C(C)=CNC(=N)N. The smallest absolute Gasteiger partial charge is 0.335 e. The van der Waals surface area contributed by atoms with Gasteiger partial charge in [0.2, 0.25) is 0 Å². The Morgan fingerprint density at radius 1 is 1.75 bits per heavy atom. The van der Waals surface area contributed by atoms with Crippen LogP contribution >= 0.6 is 0 Å². The molecular formula is C7H13N3O2. The van der Waals surface area contributed by atoms with Gasteiger partial charge < -0.3 is 15.8 Å². The lowest BCUT2D eigenvalue weighted by atomic mass is 10.3. The van der Waals surface area contributed by atoms with Crippen LogP contribution in [0.5, 0.6) is 0 Å². The second-order valence-electron chi connectivity index (χ2n) is 2.11. The fourth-order valence-electron chi connectivity index (χ4n) is 0.490. The van der Waals surface area contributed by atoms with Crippen LogP contribution in [0.3, 0.4) is 0 Å². The monoisotopic (exact) mass is 171 g/mol. The molecule has 0 amide bonds. The summed E-state index contributed by atoms with van der Waals surface area (Å²) in [5.74, 6) is -0.620. The predicted molar refractivity (Wildman–Crippen MR) is 45.4 cm³/mol. The van der Waals surface area contributed by atoms with Crippen LogP contribution in [0.15, 0.2) is 11.8 Å². The van der Waals surface area contributed by atoms with Gasteiger partial charge in [-0.05, 0) is 13.8 Å². The van der Waals surface area contributed by atoms with E-state index in [0.29, 0.717) is 12.2 Å². The number of nitrogens with one attached hydrogen (secondary N) is 2. The quantitative estimate of drug-likeness (QED) is 0.240. The van der Waals surface area contributed by atoms with Crippen molar-refractivity contribution in [2.75, 3.05) is 6.61 Å². The molecule has 4 N–H and O–H groups in total. The number of esters is 1. The van der Waals surface area contributed by atoms with E-state index in [2.05, 4.69) is 10.1 Å². The summed E-state index contributed by atoms with van der Waals surface area (Å²) in [7, 11) is 0. The minimum Gasteiger partial charge on any atom is -0.463 e. The summed E-state index contributed by atoms with van der Waals surface area (Å²) >= 11 is 0. The van der Waals surface area contributed by atoms with Crippen LogP contribution in [0.25, 0.3) is 0 Å². The molecule has 0 spiro atoms. The third kappa shape index (κ3) is 4.32. The summed E-state index contributed by atoms with van der Waals surface area (Å²) in [6.45, 7) is 3.64. The zero-order chi connectivity index (χ0) is 9.56. The van der Waals surface area contributed by atoms with E-state index in [1.165, 1.54) is 6.20 Å². The summed E-state index contributed by atoms with van der Waals surface area (Å²) < 4.78 is 4.68. The maximum absolute atomic E-state index is 10.9. The molecule has 0 radical (unpaired) electrons. The molecule has 0 atom stereocenters. The maximum atomic E-state index is 10.9. The molecule has 5 nitrogen and oxygen atoms in total. The molecule has 0 aromatic heterocycles. The first-order chi connectivity index (χ1) is 5.57.